The smallest absolute Gasteiger partial charge is 0.303 e. The Labute approximate surface area is 151 Å². The number of nitrogens with zero attached hydrogens (tertiary/aromatic N) is 1. The Balaban J connectivity index is 2.05. The Kier molecular flexibility index (Phi) is 3.73. The van der Waals surface area contributed by atoms with Crippen molar-refractivity contribution in [2.24, 2.45) is 0 Å². The number of aromatic amines is 1. The Hall–Kier alpha value is -3.19. The molecule has 0 bridgehead atoms. The van der Waals surface area contributed by atoms with Crippen molar-refractivity contribution in [3.63, 3.8) is 0 Å². The lowest BCUT2D eigenvalue weighted by molar-refractivity contribution is 0.355. The highest BCUT2D eigenvalue weighted by atomic mass is 35.5. The van der Waals surface area contributed by atoms with Crippen LogP contribution in [-0.2, 0) is 0 Å². The van der Waals surface area contributed by atoms with Crippen LogP contribution >= 0.6 is 11.6 Å². The van der Waals surface area contributed by atoms with Gasteiger partial charge in [-0.25, -0.2) is 4.57 Å². The minimum absolute atomic E-state index is 0.0559. The molecule has 4 rings (SSSR count). The molecular weight excluding hydrogens is 360 g/mol. The average Bonchev–Trinajstić information content (AvgIpc) is 2.89. The van der Waals surface area contributed by atoms with E-state index in [0.717, 1.165) is 4.57 Å². The molecule has 0 spiro atoms. The second-order valence-electron chi connectivity index (χ2n) is 5.56. The Bertz CT molecular complexity index is 1320. The van der Waals surface area contributed by atoms with E-state index < -0.39 is 11.1 Å². The van der Waals surface area contributed by atoms with E-state index in [9.17, 15) is 9.59 Å². The molecule has 0 amide bonds. The lowest BCUT2D eigenvalue weighted by Gasteiger charge is -2.09. The molecule has 0 radical (unpaired) electrons. The van der Waals surface area contributed by atoms with Gasteiger partial charge in [0.1, 0.15) is 0 Å². The Morgan fingerprint density at radius 2 is 1.77 bits per heavy atom. The fourth-order valence-electron chi connectivity index (χ4n) is 2.85. The molecule has 0 aromatic heterocycles. The van der Waals surface area contributed by atoms with Crippen LogP contribution in [0.5, 0.6) is 11.5 Å². The van der Waals surface area contributed by atoms with Crippen molar-refractivity contribution in [3.05, 3.63) is 72.9 Å². The van der Waals surface area contributed by atoms with Gasteiger partial charge in [0.25, 0.3) is 5.56 Å². The van der Waals surface area contributed by atoms with Gasteiger partial charge in [-0.1, -0.05) is 11.6 Å². The van der Waals surface area contributed by atoms with Gasteiger partial charge in [0.05, 0.1) is 25.4 Å². The van der Waals surface area contributed by atoms with Gasteiger partial charge in [-0.05, 0) is 30.3 Å². The topological polar surface area (TPSA) is 86.5 Å². The normalized spacial score (nSPS) is 11.2. The first kappa shape index (κ1) is 16.3. The lowest BCUT2D eigenvalue weighted by Crippen LogP contribution is -2.24. The summed E-state index contributed by atoms with van der Waals surface area (Å²) in [5.74, 6) is 0.893. The Morgan fingerprint density at radius 1 is 1.00 bits per heavy atom. The largest absolute Gasteiger partial charge is 0.493 e. The fourth-order valence-corrected chi connectivity index (χ4v) is 3.02. The van der Waals surface area contributed by atoms with E-state index >= 15 is 0 Å². The maximum absolute atomic E-state index is 12.8. The monoisotopic (exact) mass is 372 g/mol. The van der Waals surface area contributed by atoms with Gasteiger partial charge >= 0.3 is 5.56 Å². The van der Waals surface area contributed by atoms with Crippen LogP contribution in [0.25, 0.3) is 16.8 Å². The second kappa shape index (κ2) is 5.96. The number of fused-ring (bicyclic) bond motifs is 1. The fraction of sp³-hybridized carbons (Fsp3) is 0.111. The Morgan fingerprint density at radius 3 is 2.50 bits per heavy atom. The predicted molar refractivity (Wildman–Crippen MR) is 95.8 cm³/mol. The van der Waals surface area contributed by atoms with Crippen molar-refractivity contribution in [1.29, 1.82) is 0 Å². The van der Waals surface area contributed by atoms with E-state index in [1.54, 1.807) is 36.4 Å². The summed E-state index contributed by atoms with van der Waals surface area (Å²) in [4.78, 5) is 28.5. The minimum Gasteiger partial charge on any atom is -0.493 e. The van der Waals surface area contributed by atoms with Gasteiger partial charge in [0, 0.05) is 11.1 Å². The van der Waals surface area contributed by atoms with E-state index in [0.29, 0.717) is 33.3 Å². The van der Waals surface area contributed by atoms with Crippen molar-refractivity contribution in [2.75, 3.05) is 14.2 Å². The van der Waals surface area contributed by atoms with E-state index in [-0.39, 0.29) is 10.8 Å². The van der Waals surface area contributed by atoms with Gasteiger partial charge in [0.2, 0.25) is 5.42 Å². The molecule has 8 heteroatoms. The van der Waals surface area contributed by atoms with E-state index in [2.05, 4.69) is 4.98 Å². The number of benzene rings is 2. The molecule has 132 valence electrons. The quantitative estimate of drug-likeness (QED) is 0.597. The molecule has 2 heterocycles. The van der Waals surface area contributed by atoms with Crippen molar-refractivity contribution >= 4 is 22.7 Å². The maximum atomic E-state index is 12.8. The lowest BCUT2D eigenvalue weighted by atomic mass is 10.2. The summed E-state index contributed by atoms with van der Waals surface area (Å²) in [5, 5.41) is 0.553. The number of rotatable bonds is 3. The highest BCUT2D eigenvalue weighted by Gasteiger charge is 2.17. The molecule has 0 saturated heterocycles. The van der Waals surface area contributed by atoms with Crippen LogP contribution in [0, 0.1) is 10.8 Å². The molecule has 1 N–H and O–H groups in total. The molecule has 7 nitrogen and oxygen atoms in total. The molecule has 2 aliphatic heterocycles. The van der Waals surface area contributed by atoms with E-state index in [4.69, 9.17) is 25.5 Å². The molecule has 0 aliphatic carbocycles. The van der Waals surface area contributed by atoms with Gasteiger partial charge in [-0.3, -0.25) is 9.59 Å². The molecule has 0 saturated carbocycles. The predicted octanol–water partition coefficient (Wildman–Crippen LogP) is 2.67. The number of hydrogen-bond acceptors (Lipinski definition) is 5. The van der Waals surface area contributed by atoms with Crippen LogP contribution in [0.1, 0.15) is 0 Å². The molecule has 2 aromatic carbocycles. The van der Waals surface area contributed by atoms with Crippen LogP contribution in [0.4, 0.5) is 0 Å². The second-order valence-corrected chi connectivity index (χ2v) is 5.99. The zero-order valence-corrected chi connectivity index (χ0v) is 14.6. The van der Waals surface area contributed by atoms with Gasteiger partial charge in [0.15, 0.2) is 22.4 Å². The number of ether oxygens (including phenoxy) is 2. The van der Waals surface area contributed by atoms with Crippen molar-refractivity contribution in [2.45, 2.75) is 0 Å². The first-order valence-corrected chi connectivity index (χ1v) is 8.01. The van der Waals surface area contributed by atoms with Crippen molar-refractivity contribution < 1.29 is 13.9 Å². The third-order valence-corrected chi connectivity index (χ3v) is 4.32. The zero-order chi connectivity index (χ0) is 18.4. The van der Waals surface area contributed by atoms with Gasteiger partial charge < -0.3 is 18.9 Å². The summed E-state index contributed by atoms with van der Waals surface area (Å²) in [7, 11) is 2.98. The number of aromatic nitrogens is 2. The molecule has 0 atom stereocenters. The van der Waals surface area contributed by atoms with E-state index in [1.807, 2.05) is 0 Å². The van der Waals surface area contributed by atoms with Gasteiger partial charge in [-0.2, -0.15) is 0 Å². The van der Waals surface area contributed by atoms with Crippen LogP contribution < -0.4 is 20.6 Å². The molecule has 26 heavy (non-hydrogen) atoms. The number of nitrogens with one attached hydrogen (secondary N) is 1. The number of halogens is 1. The van der Waals surface area contributed by atoms with Gasteiger partial charge in [-0.15, -0.1) is 0 Å². The summed E-state index contributed by atoms with van der Waals surface area (Å²) >= 11 is 5.97. The molecule has 0 unspecified atom stereocenters. The first-order chi connectivity index (χ1) is 12.5. The minimum atomic E-state index is -0.565. The van der Waals surface area contributed by atoms with E-state index in [1.165, 1.54) is 14.2 Å². The SMILES string of the molecule is COc1ccc(-n2c(=O)c3[nH]c4cc(Cl)ccc4oc=3c2=O)cc1OC. The maximum Gasteiger partial charge on any atom is 0.303 e. The van der Waals surface area contributed by atoms with Crippen molar-refractivity contribution in [1.82, 2.24) is 9.55 Å². The highest BCUT2D eigenvalue weighted by Crippen LogP contribution is 2.28. The molecule has 2 aromatic rings. The molecule has 2 aliphatic rings. The third kappa shape index (κ3) is 2.36. The van der Waals surface area contributed by atoms with Crippen molar-refractivity contribution in [3.8, 4) is 17.2 Å². The standard InChI is InChI=1S/C18H13ClN2O5/c1-24-13-6-4-10(8-14(13)25-2)21-17(22)15-16(18(21)23)26-12-5-3-9(19)7-11(12)20-15/h3-8,20H,1-2H3. The first-order valence-electron chi connectivity index (χ1n) is 7.63. The highest BCUT2D eigenvalue weighted by molar-refractivity contribution is 6.31. The summed E-state index contributed by atoms with van der Waals surface area (Å²) in [6, 6.07) is 9.66. The molecular formula is C18H13ClN2O5. The summed E-state index contributed by atoms with van der Waals surface area (Å²) in [6.45, 7) is 0. The van der Waals surface area contributed by atoms with Crippen LogP contribution in [0.15, 0.2) is 50.4 Å². The summed E-state index contributed by atoms with van der Waals surface area (Å²) in [6.07, 6.45) is 0. The third-order valence-electron chi connectivity index (χ3n) is 4.08. The van der Waals surface area contributed by atoms with Crippen LogP contribution in [0.3, 0.4) is 0 Å². The number of methoxy groups -OCH3 is 2. The zero-order valence-electron chi connectivity index (χ0n) is 13.8. The van der Waals surface area contributed by atoms with Crippen LogP contribution in [-0.4, -0.2) is 23.8 Å². The van der Waals surface area contributed by atoms with Crippen LogP contribution in [0.2, 0.25) is 5.02 Å². The number of hydrogen-bond donors (Lipinski definition) is 1. The summed E-state index contributed by atoms with van der Waals surface area (Å²) in [5.41, 5.74) is 0.141. The number of H-pyrrole nitrogens is 1. The average molecular weight is 373 g/mol. The molecule has 0 fully saturated rings. The summed E-state index contributed by atoms with van der Waals surface area (Å²) < 4.78 is 17.1.